The van der Waals surface area contributed by atoms with Crippen LogP contribution < -0.4 is 5.73 Å². The second kappa shape index (κ2) is 7.77. The average molecular weight is 313 g/mol. The highest BCUT2D eigenvalue weighted by molar-refractivity contribution is 5.96. The van der Waals surface area contributed by atoms with Crippen molar-refractivity contribution in [2.75, 3.05) is 12.8 Å². The molecule has 1 fully saturated rings. The normalized spacial score (nSPS) is 15.0. The van der Waals surface area contributed by atoms with Crippen LogP contribution in [0.1, 0.15) is 43.0 Å². The predicted octanol–water partition coefficient (Wildman–Crippen LogP) is 3.97. The number of hydrogen-bond donors (Lipinski definition) is 1. The van der Waals surface area contributed by atoms with Crippen molar-refractivity contribution in [3.8, 4) is 0 Å². The minimum atomic E-state index is -0.325. The summed E-state index contributed by atoms with van der Waals surface area (Å²) < 4.78 is 4.65. The van der Waals surface area contributed by atoms with E-state index in [0.717, 1.165) is 42.4 Å². The first-order chi connectivity index (χ1) is 11.0. The van der Waals surface area contributed by atoms with Gasteiger partial charge in [0.1, 0.15) is 5.78 Å². The molecule has 0 unspecified atom stereocenters. The number of benzene rings is 2. The number of esters is 1. The van der Waals surface area contributed by atoms with Crippen molar-refractivity contribution in [1.82, 2.24) is 0 Å². The first-order valence-electron chi connectivity index (χ1n) is 7.89. The molecule has 4 heteroatoms. The molecular formula is C19H23NO3. The van der Waals surface area contributed by atoms with Crippen LogP contribution in [0.5, 0.6) is 0 Å². The van der Waals surface area contributed by atoms with E-state index in [9.17, 15) is 9.59 Å². The number of ketones is 1. The number of ether oxygens (including phenoxy) is 1. The van der Waals surface area contributed by atoms with Crippen LogP contribution >= 0.6 is 0 Å². The van der Waals surface area contributed by atoms with Crippen molar-refractivity contribution >= 4 is 28.2 Å². The Kier molecular flexibility index (Phi) is 5.74. The summed E-state index contributed by atoms with van der Waals surface area (Å²) in [6.45, 7) is 2.21. The van der Waals surface area contributed by atoms with Gasteiger partial charge >= 0.3 is 5.97 Å². The topological polar surface area (TPSA) is 69.4 Å². The van der Waals surface area contributed by atoms with Crippen LogP contribution in [0.25, 0.3) is 10.8 Å². The van der Waals surface area contributed by atoms with Gasteiger partial charge in [-0.1, -0.05) is 19.1 Å². The Bertz CT molecular complexity index is 699. The average Bonchev–Trinajstić information content (AvgIpc) is 2.57. The lowest BCUT2D eigenvalue weighted by atomic mass is 9.90. The molecule has 0 spiro atoms. The zero-order chi connectivity index (χ0) is 16.8. The van der Waals surface area contributed by atoms with E-state index in [1.54, 1.807) is 12.1 Å². The van der Waals surface area contributed by atoms with Crippen molar-refractivity contribution in [3.63, 3.8) is 0 Å². The van der Waals surface area contributed by atoms with Crippen LogP contribution in [0.4, 0.5) is 5.69 Å². The molecule has 0 saturated heterocycles. The van der Waals surface area contributed by atoms with E-state index < -0.39 is 0 Å². The summed E-state index contributed by atoms with van der Waals surface area (Å²) in [7, 11) is 1.37. The van der Waals surface area contributed by atoms with E-state index in [-0.39, 0.29) is 5.97 Å². The maximum absolute atomic E-state index is 11.3. The van der Waals surface area contributed by atoms with Gasteiger partial charge in [-0.15, -0.1) is 0 Å². The van der Waals surface area contributed by atoms with E-state index in [1.165, 1.54) is 7.11 Å². The smallest absolute Gasteiger partial charge is 0.337 e. The maximum atomic E-state index is 11.3. The Morgan fingerprint density at radius 1 is 1.09 bits per heavy atom. The van der Waals surface area contributed by atoms with Crippen molar-refractivity contribution in [1.29, 1.82) is 0 Å². The van der Waals surface area contributed by atoms with Gasteiger partial charge in [0.2, 0.25) is 0 Å². The molecule has 2 N–H and O–H groups in total. The third-order valence-corrected chi connectivity index (χ3v) is 4.12. The molecule has 1 aliphatic rings. The number of methoxy groups -OCH3 is 1. The third kappa shape index (κ3) is 4.81. The molecule has 0 radical (unpaired) electrons. The van der Waals surface area contributed by atoms with Crippen LogP contribution in [-0.2, 0) is 9.53 Å². The predicted molar refractivity (Wildman–Crippen MR) is 92.3 cm³/mol. The first-order valence-corrected chi connectivity index (χ1v) is 7.89. The molecule has 0 atom stereocenters. The number of fused-ring (bicyclic) bond motifs is 1. The molecule has 0 aliphatic heterocycles. The highest BCUT2D eigenvalue weighted by Crippen LogP contribution is 2.20. The van der Waals surface area contributed by atoms with Gasteiger partial charge in [-0.3, -0.25) is 4.79 Å². The molecular weight excluding hydrogens is 290 g/mol. The summed E-state index contributed by atoms with van der Waals surface area (Å²) in [5.74, 6) is 0.935. The van der Waals surface area contributed by atoms with Crippen LogP contribution in [0, 0.1) is 5.92 Å². The summed E-state index contributed by atoms with van der Waals surface area (Å²) in [6.07, 6.45) is 3.92. The van der Waals surface area contributed by atoms with Gasteiger partial charge in [0.05, 0.1) is 12.7 Å². The largest absolute Gasteiger partial charge is 0.465 e. The lowest BCUT2D eigenvalue weighted by molar-refractivity contribution is -0.120. The first kappa shape index (κ1) is 17.0. The summed E-state index contributed by atoms with van der Waals surface area (Å²) in [5, 5.41) is 2.00. The number of anilines is 1. The molecule has 0 heterocycles. The van der Waals surface area contributed by atoms with Crippen LogP contribution in [0.15, 0.2) is 36.4 Å². The summed E-state index contributed by atoms with van der Waals surface area (Å²) in [5.41, 5.74) is 6.92. The fraction of sp³-hybridized carbons (Fsp3) is 0.368. The molecule has 0 aromatic heterocycles. The van der Waals surface area contributed by atoms with Crippen molar-refractivity contribution in [2.45, 2.75) is 32.6 Å². The van der Waals surface area contributed by atoms with Crippen LogP contribution in [-0.4, -0.2) is 18.9 Å². The van der Waals surface area contributed by atoms with Crippen LogP contribution in [0.3, 0.4) is 0 Å². The highest BCUT2D eigenvalue weighted by atomic mass is 16.5. The Morgan fingerprint density at radius 3 is 2.30 bits per heavy atom. The van der Waals surface area contributed by atoms with Gasteiger partial charge in [0.25, 0.3) is 0 Å². The van der Waals surface area contributed by atoms with E-state index in [4.69, 9.17) is 5.73 Å². The Morgan fingerprint density at radius 2 is 1.70 bits per heavy atom. The molecule has 23 heavy (non-hydrogen) atoms. The molecule has 1 aliphatic carbocycles. The number of carbonyl (C=O) groups is 2. The van der Waals surface area contributed by atoms with E-state index >= 15 is 0 Å². The molecule has 1 saturated carbocycles. The van der Waals surface area contributed by atoms with Gasteiger partial charge in [-0.25, -0.2) is 4.79 Å². The molecule has 122 valence electrons. The second-order valence-corrected chi connectivity index (χ2v) is 6.03. The fourth-order valence-corrected chi connectivity index (χ4v) is 2.59. The molecule has 4 nitrogen and oxygen atoms in total. The fourth-order valence-electron chi connectivity index (χ4n) is 2.59. The van der Waals surface area contributed by atoms with Gasteiger partial charge in [-0.2, -0.15) is 0 Å². The number of rotatable bonds is 1. The zero-order valence-electron chi connectivity index (χ0n) is 13.7. The summed E-state index contributed by atoms with van der Waals surface area (Å²) in [6, 6.07) is 10.9. The van der Waals surface area contributed by atoms with Gasteiger partial charge < -0.3 is 10.5 Å². The SMILES string of the molecule is CC1CCC(=O)CC1.COC(=O)c1ccc2cc(N)ccc2c1. The number of nitrogens with two attached hydrogens (primary N) is 1. The highest BCUT2D eigenvalue weighted by Gasteiger charge is 2.13. The zero-order valence-corrected chi connectivity index (χ0v) is 13.7. The van der Waals surface area contributed by atoms with Crippen LogP contribution in [0.2, 0.25) is 0 Å². The molecule has 2 aromatic rings. The lowest BCUT2D eigenvalue weighted by Crippen LogP contribution is -2.10. The summed E-state index contributed by atoms with van der Waals surface area (Å²) >= 11 is 0. The maximum Gasteiger partial charge on any atom is 0.337 e. The monoisotopic (exact) mass is 313 g/mol. The van der Waals surface area contributed by atoms with E-state index in [2.05, 4.69) is 11.7 Å². The standard InChI is InChI=1S/C12H11NO2.C7H12O/c1-15-12(14)10-3-2-9-7-11(13)5-4-8(9)6-10;1-6-2-4-7(8)5-3-6/h2-7H,13H2,1H3;6H,2-5H2,1H3. The molecule has 0 bridgehead atoms. The Hall–Kier alpha value is -2.36. The lowest BCUT2D eigenvalue weighted by Gasteiger charge is -2.14. The molecule has 3 rings (SSSR count). The number of carbonyl (C=O) groups excluding carboxylic acids is 2. The number of hydrogen-bond acceptors (Lipinski definition) is 4. The molecule has 2 aromatic carbocycles. The van der Waals surface area contributed by atoms with E-state index in [0.29, 0.717) is 17.0 Å². The summed E-state index contributed by atoms with van der Waals surface area (Å²) in [4.78, 5) is 21.9. The quantitative estimate of drug-likeness (QED) is 0.639. The second-order valence-electron chi connectivity index (χ2n) is 6.03. The van der Waals surface area contributed by atoms with Crippen molar-refractivity contribution in [2.24, 2.45) is 5.92 Å². The van der Waals surface area contributed by atoms with Gasteiger partial charge in [-0.05, 0) is 53.8 Å². The van der Waals surface area contributed by atoms with E-state index in [1.807, 2.05) is 24.3 Å². The third-order valence-electron chi connectivity index (χ3n) is 4.12. The number of Topliss-reactive ketones (excluding diaryl/α,β-unsaturated/α-hetero) is 1. The van der Waals surface area contributed by atoms with Gasteiger partial charge in [0.15, 0.2) is 0 Å². The van der Waals surface area contributed by atoms with Gasteiger partial charge in [0, 0.05) is 18.5 Å². The van der Waals surface area contributed by atoms with Crippen molar-refractivity contribution < 1.29 is 14.3 Å². The Balaban J connectivity index is 0.000000203. The minimum Gasteiger partial charge on any atom is -0.465 e. The Labute approximate surface area is 136 Å². The molecule has 0 amide bonds. The minimum absolute atomic E-state index is 0.325. The van der Waals surface area contributed by atoms with Crippen molar-refractivity contribution in [3.05, 3.63) is 42.0 Å². The number of nitrogen functional groups attached to an aromatic ring is 1.